The molecule has 0 aliphatic heterocycles. The molecule has 0 saturated heterocycles. The molecule has 20 heavy (non-hydrogen) atoms. The Morgan fingerprint density at radius 1 is 0.850 bits per heavy atom. The molecule has 2 N–H and O–H groups in total. The minimum Gasteiger partial charge on any atom is -0.507 e. The Labute approximate surface area is 117 Å². The molecular weight excluding hydrogens is 256 g/mol. The van der Waals surface area contributed by atoms with Gasteiger partial charge in [0, 0.05) is 11.1 Å². The predicted octanol–water partition coefficient (Wildman–Crippen LogP) is 2.88. The molecule has 0 atom stereocenters. The summed E-state index contributed by atoms with van der Waals surface area (Å²) in [6.07, 6.45) is 1.62. The Kier molecular flexibility index (Phi) is 2.93. The lowest BCUT2D eigenvalue weighted by Gasteiger charge is -2.24. The van der Waals surface area contributed by atoms with Gasteiger partial charge in [-0.25, -0.2) is 0 Å². The smallest absolute Gasteiger partial charge is 0.203 e. The fourth-order valence-corrected chi connectivity index (χ4v) is 2.89. The number of aryl methyl sites for hydroxylation is 2. The van der Waals surface area contributed by atoms with Crippen molar-refractivity contribution in [2.24, 2.45) is 0 Å². The Hall–Kier alpha value is -2.36. The third-order valence-electron chi connectivity index (χ3n) is 3.75. The van der Waals surface area contributed by atoms with Gasteiger partial charge in [0.25, 0.3) is 0 Å². The van der Waals surface area contributed by atoms with Crippen LogP contribution in [-0.2, 0) is 12.8 Å². The third-order valence-corrected chi connectivity index (χ3v) is 3.75. The monoisotopic (exact) mass is 272 g/mol. The number of hydrogen-bond donors (Lipinski definition) is 2. The van der Waals surface area contributed by atoms with E-state index in [-0.39, 0.29) is 11.5 Å². The van der Waals surface area contributed by atoms with Gasteiger partial charge in [-0.05, 0) is 36.1 Å². The van der Waals surface area contributed by atoms with E-state index in [1.54, 1.807) is 12.1 Å². The van der Waals surface area contributed by atoms with Crippen molar-refractivity contribution in [3.05, 3.63) is 35.4 Å². The number of methoxy groups -OCH3 is 2. The van der Waals surface area contributed by atoms with Crippen LogP contribution < -0.4 is 9.47 Å². The molecule has 2 aromatic carbocycles. The molecule has 0 bridgehead atoms. The van der Waals surface area contributed by atoms with Crippen molar-refractivity contribution in [1.29, 1.82) is 0 Å². The summed E-state index contributed by atoms with van der Waals surface area (Å²) in [6, 6.07) is 7.18. The standard InChI is InChI=1S/C16H16O4/c1-19-15-12(18)8-10-7-6-9-4-3-5-11(17)13(9)14(10)16(15)20-2/h3-5,8,17-18H,6-7H2,1-2H3. The highest BCUT2D eigenvalue weighted by Crippen LogP contribution is 2.51. The van der Waals surface area contributed by atoms with Crippen LogP contribution in [-0.4, -0.2) is 24.4 Å². The minimum absolute atomic E-state index is 0.0574. The largest absolute Gasteiger partial charge is 0.507 e. The van der Waals surface area contributed by atoms with E-state index in [0.717, 1.165) is 35.1 Å². The zero-order chi connectivity index (χ0) is 14.3. The second-order valence-electron chi connectivity index (χ2n) is 4.81. The molecule has 1 aliphatic rings. The Balaban J connectivity index is 2.38. The Bertz CT molecular complexity index is 677. The summed E-state index contributed by atoms with van der Waals surface area (Å²) in [6.45, 7) is 0. The van der Waals surface area contributed by atoms with E-state index in [1.165, 1.54) is 14.2 Å². The van der Waals surface area contributed by atoms with Gasteiger partial charge >= 0.3 is 0 Å². The number of hydrogen-bond acceptors (Lipinski definition) is 4. The van der Waals surface area contributed by atoms with Crippen molar-refractivity contribution in [2.45, 2.75) is 12.8 Å². The number of rotatable bonds is 2. The molecule has 0 amide bonds. The summed E-state index contributed by atoms with van der Waals surface area (Å²) in [7, 11) is 3.02. The minimum atomic E-state index is 0.0574. The maximum atomic E-state index is 10.2. The van der Waals surface area contributed by atoms with Crippen LogP contribution in [0.4, 0.5) is 0 Å². The zero-order valence-electron chi connectivity index (χ0n) is 11.4. The van der Waals surface area contributed by atoms with Gasteiger partial charge in [-0.1, -0.05) is 12.1 Å². The van der Waals surface area contributed by atoms with E-state index in [0.29, 0.717) is 11.5 Å². The van der Waals surface area contributed by atoms with Gasteiger partial charge < -0.3 is 19.7 Å². The average molecular weight is 272 g/mol. The summed E-state index contributed by atoms with van der Waals surface area (Å²) >= 11 is 0. The van der Waals surface area contributed by atoms with Crippen LogP contribution in [0.2, 0.25) is 0 Å². The number of ether oxygens (including phenoxy) is 2. The van der Waals surface area contributed by atoms with Crippen LogP contribution in [0.1, 0.15) is 11.1 Å². The highest BCUT2D eigenvalue weighted by molar-refractivity contribution is 5.86. The molecular formula is C16H16O4. The van der Waals surface area contributed by atoms with Crippen molar-refractivity contribution in [1.82, 2.24) is 0 Å². The zero-order valence-corrected chi connectivity index (χ0v) is 11.4. The van der Waals surface area contributed by atoms with Crippen molar-refractivity contribution in [2.75, 3.05) is 14.2 Å². The second kappa shape index (κ2) is 4.63. The maximum absolute atomic E-state index is 10.2. The normalized spacial score (nSPS) is 12.5. The Morgan fingerprint density at radius 3 is 2.25 bits per heavy atom. The SMILES string of the molecule is COc1c(O)cc2c(c1OC)-c1c(O)cccc1CC2. The van der Waals surface area contributed by atoms with Gasteiger partial charge in [0.05, 0.1) is 14.2 Å². The van der Waals surface area contributed by atoms with Crippen molar-refractivity contribution < 1.29 is 19.7 Å². The molecule has 0 radical (unpaired) electrons. The summed E-state index contributed by atoms with van der Waals surface area (Å²) in [4.78, 5) is 0. The lowest BCUT2D eigenvalue weighted by atomic mass is 9.84. The fraction of sp³-hybridized carbons (Fsp3) is 0.250. The Morgan fingerprint density at radius 2 is 1.55 bits per heavy atom. The molecule has 0 fully saturated rings. The molecule has 0 heterocycles. The molecule has 1 aliphatic carbocycles. The summed E-state index contributed by atoms with van der Waals surface area (Å²) in [5.41, 5.74) is 3.60. The molecule has 2 aromatic rings. The van der Waals surface area contributed by atoms with Crippen molar-refractivity contribution in [3.8, 4) is 34.1 Å². The van der Waals surface area contributed by atoms with E-state index < -0.39 is 0 Å². The quantitative estimate of drug-likeness (QED) is 0.882. The number of aromatic hydroxyl groups is 2. The third kappa shape index (κ3) is 1.68. The van der Waals surface area contributed by atoms with Crippen LogP contribution in [0.5, 0.6) is 23.0 Å². The number of phenolic OH excluding ortho intramolecular Hbond substituents is 2. The van der Waals surface area contributed by atoms with E-state index in [1.807, 2.05) is 12.1 Å². The first-order valence-electron chi connectivity index (χ1n) is 6.45. The van der Waals surface area contributed by atoms with E-state index in [9.17, 15) is 10.2 Å². The van der Waals surface area contributed by atoms with Gasteiger partial charge in [0.2, 0.25) is 5.75 Å². The van der Waals surface area contributed by atoms with Crippen LogP contribution in [0.3, 0.4) is 0 Å². The summed E-state index contributed by atoms with van der Waals surface area (Å²) in [5, 5.41) is 20.2. The van der Waals surface area contributed by atoms with Crippen LogP contribution >= 0.6 is 0 Å². The lowest BCUT2D eigenvalue weighted by molar-refractivity contribution is 0.333. The van der Waals surface area contributed by atoms with Crippen LogP contribution in [0, 0.1) is 0 Å². The van der Waals surface area contributed by atoms with Crippen molar-refractivity contribution in [3.63, 3.8) is 0 Å². The number of benzene rings is 2. The van der Waals surface area contributed by atoms with Crippen molar-refractivity contribution >= 4 is 0 Å². The molecule has 4 nitrogen and oxygen atoms in total. The molecule has 3 rings (SSSR count). The van der Waals surface area contributed by atoms with Crippen LogP contribution in [0.25, 0.3) is 11.1 Å². The highest BCUT2D eigenvalue weighted by Gasteiger charge is 2.27. The fourth-order valence-electron chi connectivity index (χ4n) is 2.89. The molecule has 0 spiro atoms. The molecule has 0 aromatic heterocycles. The van der Waals surface area contributed by atoms with E-state index >= 15 is 0 Å². The first kappa shape index (κ1) is 12.7. The lowest BCUT2D eigenvalue weighted by Crippen LogP contribution is -2.07. The van der Waals surface area contributed by atoms with Crippen LogP contribution in [0.15, 0.2) is 24.3 Å². The van der Waals surface area contributed by atoms with E-state index in [4.69, 9.17) is 9.47 Å². The average Bonchev–Trinajstić information content (AvgIpc) is 2.45. The van der Waals surface area contributed by atoms with Gasteiger partial charge in [-0.2, -0.15) is 0 Å². The van der Waals surface area contributed by atoms with Gasteiger partial charge in [-0.15, -0.1) is 0 Å². The molecule has 4 heteroatoms. The van der Waals surface area contributed by atoms with E-state index in [2.05, 4.69) is 0 Å². The summed E-state index contributed by atoms with van der Waals surface area (Å²) < 4.78 is 10.7. The second-order valence-corrected chi connectivity index (χ2v) is 4.81. The topological polar surface area (TPSA) is 58.9 Å². The predicted molar refractivity (Wildman–Crippen MR) is 75.7 cm³/mol. The number of fused-ring (bicyclic) bond motifs is 3. The highest BCUT2D eigenvalue weighted by atomic mass is 16.5. The molecule has 104 valence electrons. The van der Waals surface area contributed by atoms with Gasteiger partial charge in [-0.3, -0.25) is 0 Å². The molecule has 0 unspecified atom stereocenters. The molecule has 0 saturated carbocycles. The first-order chi connectivity index (χ1) is 9.67. The summed E-state index contributed by atoms with van der Waals surface area (Å²) in [5.74, 6) is 1.03. The van der Waals surface area contributed by atoms with Gasteiger partial charge in [0.15, 0.2) is 11.5 Å². The van der Waals surface area contributed by atoms with Gasteiger partial charge in [0.1, 0.15) is 5.75 Å². The first-order valence-corrected chi connectivity index (χ1v) is 6.45. The number of phenols is 2. The maximum Gasteiger partial charge on any atom is 0.203 e.